The first-order chi connectivity index (χ1) is 7.58. The molecule has 5 unspecified atom stereocenters. The third-order valence-corrected chi connectivity index (χ3v) is 5.10. The summed E-state index contributed by atoms with van der Waals surface area (Å²) in [5, 5.41) is 0.412. The van der Waals surface area contributed by atoms with E-state index >= 15 is 0 Å². The van der Waals surface area contributed by atoms with Crippen molar-refractivity contribution in [1.29, 1.82) is 0 Å². The van der Waals surface area contributed by atoms with Gasteiger partial charge in [0.1, 0.15) is 0 Å². The molecule has 5 heteroatoms. The van der Waals surface area contributed by atoms with Crippen molar-refractivity contribution in [2.24, 2.45) is 5.92 Å². The first-order valence-electron chi connectivity index (χ1n) is 5.30. The summed E-state index contributed by atoms with van der Waals surface area (Å²) in [5.74, 6) is -0.490. The first-order valence-corrected chi connectivity index (χ1v) is 6.24. The van der Waals surface area contributed by atoms with Crippen LogP contribution in [-0.4, -0.2) is 34.6 Å². The fraction of sp³-hybridized carbons (Fsp3) is 0.636. The van der Waals surface area contributed by atoms with Gasteiger partial charge in [-0.05, 0) is 13.3 Å². The predicted octanol–water partition coefficient (Wildman–Crippen LogP) is 0.904. The summed E-state index contributed by atoms with van der Waals surface area (Å²) in [6.45, 7) is 5.16. The average Bonchev–Trinajstić information content (AvgIpc) is 2.81. The second kappa shape index (κ2) is 3.26. The molecule has 16 heavy (non-hydrogen) atoms. The molecule has 0 aromatic heterocycles. The standard InChI is InChI=1S/C11H12O4S/c1-4(2)10(12)14-7-6-3-5-9(16-6)8(7)15-11(5)13/h5-9H,1,3H2,2H3. The molecular weight excluding hydrogens is 228 g/mol. The van der Waals surface area contributed by atoms with Gasteiger partial charge in [0.25, 0.3) is 0 Å². The van der Waals surface area contributed by atoms with E-state index < -0.39 is 5.97 Å². The Labute approximate surface area is 97.4 Å². The van der Waals surface area contributed by atoms with E-state index in [2.05, 4.69) is 6.58 Å². The number of thioether (sulfide) groups is 1. The van der Waals surface area contributed by atoms with Crippen molar-refractivity contribution in [2.45, 2.75) is 36.1 Å². The Hall–Kier alpha value is -0.970. The molecule has 3 saturated heterocycles. The molecule has 3 aliphatic heterocycles. The second-order valence-corrected chi connectivity index (χ2v) is 5.96. The number of fused-ring (bicyclic) bond motifs is 1. The number of esters is 2. The molecule has 0 aromatic rings. The average molecular weight is 240 g/mol. The third-order valence-electron chi connectivity index (χ3n) is 3.38. The second-order valence-electron chi connectivity index (χ2n) is 4.53. The SMILES string of the molecule is C=C(C)C(=O)OC1C2CC3C(=O)OC1C3S2. The third kappa shape index (κ3) is 1.24. The minimum atomic E-state index is -0.391. The normalized spacial score (nSPS) is 43.3. The predicted molar refractivity (Wildman–Crippen MR) is 57.8 cm³/mol. The highest BCUT2D eigenvalue weighted by molar-refractivity contribution is 8.01. The Kier molecular flexibility index (Phi) is 2.08. The Bertz CT molecular complexity index is 391. The summed E-state index contributed by atoms with van der Waals surface area (Å²) in [7, 11) is 0. The van der Waals surface area contributed by atoms with Crippen LogP contribution < -0.4 is 0 Å². The maximum Gasteiger partial charge on any atom is 0.333 e. The van der Waals surface area contributed by atoms with Crippen molar-refractivity contribution in [3.8, 4) is 0 Å². The molecule has 5 atom stereocenters. The summed E-state index contributed by atoms with van der Waals surface area (Å²) >= 11 is 1.72. The molecule has 3 rings (SSSR count). The van der Waals surface area contributed by atoms with Gasteiger partial charge in [0.15, 0.2) is 12.2 Å². The highest BCUT2D eigenvalue weighted by Gasteiger charge is 2.64. The Morgan fingerprint density at radius 3 is 3.06 bits per heavy atom. The first kappa shape index (κ1) is 10.2. The highest BCUT2D eigenvalue weighted by Crippen LogP contribution is 2.55. The zero-order chi connectivity index (χ0) is 11.4. The molecular formula is C11H12O4S. The Balaban J connectivity index is 1.77. The van der Waals surface area contributed by atoms with Crippen molar-refractivity contribution >= 4 is 23.7 Å². The van der Waals surface area contributed by atoms with Crippen LogP contribution in [0.2, 0.25) is 0 Å². The van der Waals surface area contributed by atoms with Gasteiger partial charge in [0.05, 0.1) is 11.2 Å². The summed E-state index contributed by atoms with van der Waals surface area (Å²) in [6, 6.07) is 0. The minimum Gasteiger partial charge on any atom is -0.457 e. The van der Waals surface area contributed by atoms with Crippen molar-refractivity contribution < 1.29 is 19.1 Å². The monoisotopic (exact) mass is 240 g/mol. The quantitative estimate of drug-likeness (QED) is 0.530. The fourth-order valence-electron chi connectivity index (χ4n) is 2.61. The maximum atomic E-state index is 11.5. The lowest BCUT2D eigenvalue weighted by atomic mass is 9.88. The number of hydrogen-bond acceptors (Lipinski definition) is 5. The number of hydrogen-bond donors (Lipinski definition) is 0. The zero-order valence-electron chi connectivity index (χ0n) is 8.84. The molecule has 3 aliphatic rings. The van der Waals surface area contributed by atoms with E-state index in [4.69, 9.17) is 9.47 Å². The van der Waals surface area contributed by atoms with E-state index in [0.717, 1.165) is 6.42 Å². The van der Waals surface area contributed by atoms with Crippen LogP contribution in [0.1, 0.15) is 13.3 Å². The van der Waals surface area contributed by atoms with Crippen LogP contribution in [0.25, 0.3) is 0 Å². The molecule has 86 valence electrons. The van der Waals surface area contributed by atoms with Crippen LogP contribution in [-0.2, 0) is 19.1 Å². The van der Waals surface area contributed by atoms with Gasteiger partial charge in [0, 0.05) is 10.8 Å². The number of carbonyl (C=O) groups excluding carboxylic acids is 2. The zero-order valence-corrected chi connectivity index (χ0v) is 9.66. The molecule has 0 aliphatic carbocycles. The molecule has 3 heterocycles. The molecule has 4 nitrogen and oxygen atoms in total. The number of rotatable bonds is 2. The minimum absolute atomic E-state index is 0.0276. The van der Waals surface area contributed by atoms with Gasteiger partial charge in [-0.1, -0.05) is 6.58 Å². The van der Waals surface area contributed by atoms with Gasteiger partial charge >= 0.3 is 11.9 Å². The molecule has 2 bridgehead atoms. The van der Waals surface area contributed by atoms with Gasteiger partial charge in [-0.15, -0.1) is 11.8 Å². The van der Waals surface area contributed by atoms with Gasteiger partial charge in [-0.3, -0.25) is 4.79 Å². The van der Waals surface area contributed by atoms with Crippen LogP contribution in [0.3, 0.4) is 0 Å². The van der Waals surface area contributed by atoms with Gasteiger partial charge < -0.3 is 9.47 Å². The molecule has 0 spiro atoms. The van der Waals surface area contributed by atoms with E-state index in [1.54, 1.807) is 18.7 Å². The molecule has 0 saturated carbocycles. The smallest absolute Gasteiger partial charge is 0.333 e. The largest absolute Gasteiger partial charge is 0.457 e. The van der Waals surface area contributed by atoms with Crippen LogP contribution in [0, 0.1) is 5.92 Å². The maximum absolute atomic E-state index is 11.5. The summed E-state index contributed by atoms with van der Waals surface area (Å²) in [6.07, 6.45) is 0.269. The van der Waals surface area contributed by atoms with Gasteiger partial charge in [-0.25, -0.2) is 4.79 Å². The van der Waals surface area contributed by atoms with E-state index in [1.807, 2.05) is 0 Å². The van der Waals surface area contributed by atoms with Crippen LogP contribution in [0.15, 0.2) is 12.2 Å². The van der Waals surface area contributed by atoms with Crippen molar-refractivity contribution in [3.63, 3.8) is 0 Å². The lowest BCUT2D eigenvalue weighted by Crippen LogP contribution is -2.40. The lowest BCUT2D eigenvalue weighted by molar-refractivity contribution is -0.156. The van der Waals surface area contributed by atoms with E-state index in [0.29, 0.717) is 5.57 Å². The molecule has 0 N–H and O–H groups in total. The van der Waals surface area contributed by atoms with Crippen molar-refractivity contribution in [1.82, 2.24) is 0 Å². The van der Waals surface area contributed by atoms with Crippen LogP contribution in [0.5, 0.6) is 0 Å². The molecule has 3 fully saturated rings. The van der Waals surface area contributed by atoms with E-state index in [1.165, 1.54) is 0 Å². The van der Waals surface area contributed by atoms with E-state index in [9.17, 15) is 9.59 Å². The molecule has 0 amide bonds. The summed E-state index contributed by atoms with van der Waals surface area (Å²) in [5.41, 5.74) is 0.383. The topological polar surface area (TPSA) is 52.6 Å². The van der Waals surface area contributed by atoms with Crippen LogP contribution >= 0.6 is 11.8 Å². The number of carbonyl (C=O) groups is 2. The summed E-state index contributed by atoms with van der Waals surface area (Å²) < 4.78 is 10.6. The Morgan fingerprint density at radius 1 is 1.62 bits per heavy atom. The van der Waals surface area contributed by atoms with Gasteiger partial charge in [-0.2, -0.15) is 0 Å². The number of ether oxygens (including phenoxy) is 2. The van der Waals surface area contributed by atoms with E-state index in [-0.39, 0.29) is 34.6 Å². The molecule has 0 aromatic carbocycles. The van der Waals surface area contributed by atoms with Gasteiger partial charge in [0.2, 0.25) is 0 Å². The fourth-order valence-corrected chi connectivity index (χ4v) is 4.47. The van der Waals surface area contributed by atoms with Crippen LogP contribution in [0.4, 0.5) is 0 Å². The molecule has 0 radical (unpaired) electrons. The van der Waals surface area contributed by atoms with Crippen molar-refractivity contribution in [2.75, 3.05) is 0 Å². The van der Waals surface area contributed by atoms with Crippen molar-refractivity contribution in [3.05, 3.63) is 12.2 Å². The lowest BCUT2D eigenvalue weighted by Gasteiger charge is -2.23. The Morgan fingerprint density at radius 2 is 2.38 bits per heavy atom. The highest BCUT2D eigenvalue weighted by atomic mass is 32.2. The summed E-state index contributed by atoms with van der Waals surface area (Å²) in [4.78, 5) is 22.9.